The number of ether oxygens (including phenoxy) is 2. The minimum atomic E-state index is -0.260. The molecule has 0 spiro atoms. The summed E-state index contributed by atoms with van der Waals surface area (Å²) in [5.74, 6) is 0.818. The molecule has 2 aromatic rings. The fraction of sp³-hybridized carbons (Fsp3) is 0.222. The fourth-order valence-corrected chi connectivity index (χ4v) is 1.87. The minimum absolute atomic E-state index is 0.0361. The molecule has 0 saturated carbocycles. The van der Waals surface area contributed by atoms with Crippen LogP contribution in [0, 0.1) is 11.3 Å². The Morgan fingerprint density at radius 3 is 2.30 bits per heavy atom. The van der Waals surface area contributed by atoms with Crippen LogP contribution in [-0.2, 0) is 11.4 Å². The van der Waals surface area contributed by atoms with E-state index in [2.05, 4.69) is 0 Å². The molecule has 0 radical (unpaired) electrons. The monoisotopic (exact) mass is 310 g/mol. The fourth-order valence-electron chi connectivity index (χ4n) is 1.87. The zero-order valence-electron chi connectivity index (χ0n) is 12.9. The van der Waals surface area contributed by atoms with Gasteiger partial charge in [0, 0.05) is 7.05 Å². The lowest BCUT2D eigenvalue weighted by atomic mass is 10.2. The average molecular weight is 310 g/mol. The van der Waals surface area contributed by atoms with Gasteiger partial charge in [-0.25, -0.2) is 0 Å². The first kappa shape index (κ1) is 16.4. The van der Waals surface area contributed by atoms with E-state index in [1.807, 2.05) is 48.5 Å². The standard InChI is InChI=1S/C18H18N2O3/c1-20(12-11-19)18(21)14-23-17-10-6-5-9-16(17)22-13-15-7-3-2-4-8-15/h2-10H,12-14H2,1H3. The summed E-state index contributed by atoms with van der Waals surface area (Å²) in [4.78, 5) is 13.1. The van der Waals surface area contributed by atoms with Gasteiger partial charge in [0.05, 0.1) is 6.07 Å². The maximum atomic E-state index is 11.8. The second kappa shape index (κ2) is 8.44. The van der Waals surface area contributed by atoms with E-state index in [0.717, 1.165) is 5.56 Å². The summed E-state index contributed by atoms with van der Waals surface area (Å²) in [7, 11) is 1.56. The van der Waals surface area contributed by atoms with Crippen molar-refractivity contribution in [3.63, 3.8) is 0 Å². The Balaban J connectivity index is 1.95. The number of amides is 1. The van der Waals surface area contributed by atoms with Crippen LogP contribution in [0.25, 0.3) is 0 Å². The SMILES string of the molecule is CN(CC#N)C(=O)COc1ccccc1OCc1ccccc1. The van der Waals surface area contributed by atoms with Crippen LogP contribution < -0.4 is 9.47 Å². The van der Waals surface area contributed by atoms with Crippen molar-refractivity contribution in [1.82, 2.24) is 4.90 Å². The molecule has 0 aliphatic rings. The lowest BCUT2D eigenvalue weighted by Gasteiger charge is -2.15. The molecule has 0 aliphatic heterocycles. The summed E-state index contributed by atoms with van der Waals surface area (Å²) in [6.45, 7) is 0.321. The summed E-state index contributed by atoms with van der Waals surface area (Å²) in [5.41, 5.74) is 1.05. The van der Waals surface area contributed by atoms with E-state index in [9.17, 15) is 4.79 Å². The number of hydrogen-bond donors (Lipinski definition) is 0. The van der Waals surface area contributed by atoms with Crippen LogP contribution in [0.5, 0.6) is 11.5 Å². The van der Waals surface area contributed by atoms with Gasteiger partial charge in [0.2, 0.25) is 0 Å². The van der Waals surface area contributed by atoms with Gasteiger partial charge >= 0.3 is 0 Å². The zero-order valence-corrected chi connectivity index (χ0v) is 12.9. The molecule has 118 valence electrons. The number of para-hydroxylation sites is 2. The van der Waals surface area contributed by atoms with Crippen LogP contribution in [0.15, 0.2) is 54.6 Å². The maximum absolute atomic E-state index is 11.8. The number of hydrogen-bond acceptors (Lipinski definition) is 4. The summed E-state index contributed by atoms with van der Waals surface area (Å²) >= 11 is 0. The van der Waals surface area contributed by atoms with E-state index in [0.29, 0.717) is 18.1 Å². The van der Waals surface area contributed by atoms with Crippen molar-refractivity contribution in [2.75, 3.05) is 20.2 Å². The van der Waals surface area contributed by atoms with Gasteiger partial charge in [-0.1, -0.05) is 42.5 Å². The van der Waals surface area contributed by atoms with Gasteiger partial charge in [-0.2, -0.15) is 5.26 Å². The molecule has 5 heteroatoms. The van der Waals surface area contributed by atoms with Crippen LogP contribution in [-0.4, -0.2) is 31.0 Å². The van der Waals surface area contributed by atoms with Gasteiger partial charge in [-0.05, 0) is 17.7 Å². The van der Waals surface area contributed by atoms with Crippen LogP contribution >= 0.6 is 0 Å². The molecule has 0 heterocycles. The third-order valence-electron chi connectivity index (χ3n) is 3.17. The predicted octanol–water partition coefficient (Wildman–Crippen LogP) is 2.63. The summed E-state index contributed by atoms with van der Waals surface area (Å²) in [6, 6.07) is 18.9. The maximum Gasteiger partial charge on any atom is 0.261 e. The molecule has 0 aromatic heterocycles. The van der Waals surface area contributed by atoms with Crippen molar-refractivity contribution in [1.29, 1.82) is 5.26 Å². The highest BCUT2D eigenvalue weighted by Gasteiger charge is 2.11. The highest BCUT2D eigenvalue weighted by atomic mass is 16.5. The molecule has 0 N–H and O–H groups in total. The number of benzene rings is 2. The number of nitrogens with zero attached hydrogens (tertiary/aromatic N) is 2. The Bertz CT molecular complexity index is 680. The van der Waals surface area contributed by atoms with Gasteiger partial charge in [-0.3, -0.25) is 4.79 Å². The molecule has 0 aliphatic carbocycles. The van der Waals surface area contributed by atoms with E-state index in [4.69, 9.17) is 14.7 Å². The van der Waals surface area contributed by atoms with E-state index < -0.39 is 0 Å². The van der Waals surface area contributed by atoms with Gasteiger partial charge < -0.3 is 14.4 Å². The highest BCUT2D eigenvalue weighted by molar-refractivity contribution is 5.77. The van der Waals surface area contributed by atoms with Gasteiger partial charge in [0.15, 0.2) is 18.1 Å². The topological polar surface area (TPSA) is 62.6 Å². The average Bonchev–Trinajstić information content (AvgIpc) is 2.59. The van der Waals surface area contributed by atoms with Gasteiger partial charge in [-0.15, -0.1) is 0 Å². The summed E-state index contributed by atoms with van der Waals surface area (Å²) in [5, 5.41) is 8.59. The number of rotatable bonds is 7. The smallest absolute Gasteiger partial charge is 0.261 e. The third kappa shape index (κ3) is 5.04. The Kier molecular flexibility index (Phi) is 6.01. The number of likely N-dealkylation sites (N-methyl/N-ethyl adjacent to an activating group) is 1. The second-order valence-electron chi connectivity index (χ2n) is 4.92. The van der Waals surface area contributed by atoms with E-state index in [1.165, 1.54) is 4.90 Å². The van der Waals surface area contributed by atoms with Crippen LogP contribution in [0.3, 0.4) is 0 Å². The molecule has 0 saturated heterocycles. The lowest BCUT2D eigenvalue weighted by molar-refractivity contribution is -0.131. The second-order valence-corrected chi connectivity index (χ2v) is 4.92. The molecule has 1 amide bonds. The van der Waals surface area contributed by atoms with Crippen molar-refractivity contribution < 1.29 is 14.3 Å². The normalized spacial score (nSPS) is 9.74. The largest absolute Gasteiger partial charge is 0.485 e. The first-order valence-corrected chi connectivity index (χ1v) is 7.20. The van der Waals surface area contributed by atoms with Crippen molar-refractivity contribution in [3.8, 4) is 17.6 Å². The molecular weight excluding hydrogens is 292 g/mol. The van der Waals surface area contributed by atoms with E-state index >= 15 is 0 Å². The molecular formula is C18H18N2O3. The third-order valence-corrected chi connectivity index (χ3v) is 3.17. The number of carbonyl (C=O) groups is 1. The first-order chi connectivity index (χ1) is 11.2. The van der Waals surface area contributed by atoms with Crippen LogP contribution in [0.1, 0.15) is 5.56 Å². The molecule has 2 rings (SSSR count). The molecule has 2 aromatic carbocycles. The molecule has 23 heavy (non-hydrogen) atoms. The minimum Gasteiger partial charge on any atom is -0.485 e. The van der Waals surface area contributed by atoms with Crippen molar-refractivity contribution >= 4 is 5.91 Å². The van der Waals surface area contributed by atoms with Crippen LogP contribution in [0.2, 0.25) is 0 Å². The Morgan fingerprint density at radius 1 is 1.04 bits per heavy atom. The molecule has 0 bridgehead atoms. The zero-order chi connectivity index (χ0) is 16.5. The first-order valence-electron chi connectivity index (χ1n) is 7.20. The summed E-state index contributed by atoms with van der Waals surface area (Å²) < 4.78 is 11.3. The highest BCUT2D eigenvalue weighted by Crippen LogP contribution is 2.27. The number of nitriles is 1. The van der Waals surface area contributed by atoms with Gasteiger partial charge in [0.1, 0.15) is 13.2 Å². The Morgan fingerprint density at radius 2 is 1.65 bits per heavy atom. The van der Waals surface area contributed by atoms with Crippen LogP contribution in [0.4, 0.5) is 0 Å². The molecule has 0 atom stereocenters. The van der Waals surface area contributed by atoms with Gasteiger partial charge in [0.25, 0.3) is 5.91 Å². The Hall–Kier alpha value is -3.00. The Labute approximate surface area is 135 Å². The van der Waals surface area contributed by atoms with E-state index in [-0.39, 0.29) is 19.1 Å². The van der Waals surface area contributed by atoms with Crippen molar-refractivity contribution in [3.05, 3.63) is 60.2 Å². The number of carbonyl (C=O) groups excluding carboxylic acids is 1. The molecule has 5 nitrogen and oxygen atoms in total. The molecule has 0 fully saturated rings. The molecule has 0 unspecified atom stereocenters. The lowest BCUT2D eigenvalue weighted by Crippen LogP contribution is -2.31. The van der Waals surface area contributed by atoms with Crippen molar-refractivity contribution in [2.45, 2.75) is 6.61 Å². The quantitative estimate of drug-likeness (QED) is 0.738. The summed E-state index contributed by atoms with van der Waals surface area (Å²) in [6.07, 6.45) is 0. The van der Waals surface area contributed by atoms with E-state index in [1.54, 1.807) is 19.2 Å². The predicted molar refractivity (Wildman–Crippen MR) is 86.0 cm³/mol. The van der Waals surface area contributed by atoms with Crippen molar-refractivity contribution in [2.24, 2.45) is 0 Å².